The average Bonchev–Trinajstić information content (AvgIpc) is 2.73. The van der Waals surface area contributed by atoms with Gasteiger partial charge >= 0.3 is 0 Å². The van der Waals surface area contributed by atoms with Crippen LogP contribution in [0.25, 0.3) is 0 Å². The van der Waals surface area contributed by atoms with Gasteiger partial charge in [-0.05, 0) is 42.7 Å². The molecule has 2 N–H and O–H groups in total. The van der Waals surface area contributed by atoms with Crippen molar-refractivity contribution in [2.75, 3.05) is 0 Å². The third-order valence-electron chi connectivity index (χ3n) is 4.92. The minimum absolute atomic E-state index is 0.0408. The molecule has 0 aromatic heterocycles. The van der Waals surface area contributed by atoms with E-state index in [1.54, 1.807) is 36.4 Å². The molecule has 0 radical (unpaired) electrons. The SMILES string of the molecule is N#Cc1ccccc1S(=O)(=O)NCc1ccc(C(=O)NC2CCCCC2)cc1. The highest BCUT2D eigenvalue weighted by Crippen LogP contribution is 2.18. The predicted molar refractivity (Wildman–Crippen MR) is 106 cm³/mol. The number of carbonyl (C=O) groups is 1. The van der Waals surface area contributed by atoms with E-state index < -0.39 is 10.0 Å². The largest absolute Gasteiger partial charge is 0.349 e. The highest BCUT2D eigenvalue weighted by atomic mass is 32.2. The van der Waals surface area contributed by atoms with E-state index >= 15 is 0 Å². The van der Waals surface area contributed by atoms with E-state index in [1.165, 1.54) is 18.6 Å². The fraction of sp³-hybridized carbons (Fsp3) is 0.333. The molecule has 28 heavy (non-hydrogen) atoms. The molecule has 0 spiro atoms. The van der Waals surface area contributed by atoms with Gasteiger partial charge in [0.15, 0.2) is 0 Å². The third kappa shape index (κ3) is 4.97. The van der Waals surface area contributed by atoms with Crippen LogP contribution >= 0.6 is 0 Å². The van der Waals surface area contributed by atoms with E-state index in [1.807, 2.05) is 6.07 Å². The molecule has 3 rings (SSSR count). The Hall–Kier alpha value is -2.69. The van der Waals surface area contributed by atoms with Gasteiger partial charge in [-0.2, -0.15) is 5.26 Å². The Balaban J connectivity index is 1.61. The first kappa shape index (κ1) is 20.1. The summed E-state index contributed by atoms with van der Waals surface area (Å²) < 4.78 is 27.4. The van der Waals surface area contributed by atoms with E-state index in [4.69, 9.17) is 5.26 Å². The normalized spacial score (nSPS) is 15.0. The summed E-state index contributed by atoms with van der Waals surface area (Å²) in [5, 5.41) is 12.2. The van der Waals surface area contributed by atoms with Gasteiger partial charge in [0.25, 0.3) is 5.91 Å². The maximum absolute atomic E-state index is 12.5. The molecule has 0 aliphatic heterocycles. The van der Waals surface area contributed by atoms with Crippen LogP contribution in [0.3, 0.4) is 0 Å². The van der Waals surface area contributed by atoms with Crippen molar-refractivity contribution < 1.29 is 13.2 Å². The van der Waals surface area contributed by atoms with Crippen LogP contribution in [0.15, 0.2) is 53.4 Å². The van der Waals surface area contributed by atoms with E-state index in [2.05, 4.69) is 10.0 Å². The minimum atomic E-state index is -3.80. The molecule has 1 aliphatic carbocycles. The second-order valence-corrected chi connectivity index (χ2v) is 8.67. The first-order valence-electron chi connectivity index (χ1n) is 9.38. The van der Waals surface area contributed by atoms with Gasteiger partial charge in [0.2, 0.25) is 10.0 Å². The number of benzene rings is 2. The summed E-state index contributed by atoms with van der Waals surface area (Å²) in [6, 6.07) is 15.1. The highest BCUT2D eigenvalue weighted by molar-refractivity contribution is 7.89. The first-order valence-corrected chi connectivity index (χ1v) is 10.9. The van der Waals surface area contributed by atoms with E-state index in [9.17, 15) is 13.2 Å². The lowest BCUT2D eigenvalue weighted by molar-refractivity contribution is 0.0927. The number of nitrogens with zero attached hydrogens (tertiary/aromatic N) is 1. The number of hydrogen-bond acceptors (Lipinski definition) is 4. The van der Waals surface area contributed by atoms with Crippen LogP contribution in [0.2, 0.25) is 0 Å². The molecule has 1 aliphatic rings. The quantitative estimate of drug-likeness (QED) is 0.782. The zero-order valence-electron chi connectivity index (χ0n) is 15.5. The first-order chi connectivity index (χ1) is 13.5. The molecule has 0 saturated heterocycles. The molecule has 2 aromatic rings. The van der Waals surface area contributed by atoms with Crippen molar-refractivity contribution in [1.82, 2.24) is 10.0 Å². The monoisotopic (exact) mass is 397 g/mol. The fourth-order valence-corrected chi connectivity index (χ4v) is 4.51. The number of nitriles is 1. The van der Waals surface area contributed by atoms with Gasteiger partial charge in [-0.25, -0.2) is 13.1 Å². The van der Waals surface area contributed by atoms with Crippen LogP contribution in [0, 0.1) is 11.3 Å². The molecule has 0 bridgehead atoms. The Labute approximate surface area is 165 Å². The van der Waals surface area contributed by atoms with Crippen molar-refractivity contribution in [3.05, 3.63) is 65.2 Å². The van der Waals surface area contributed by atoms with Gasteiger partial charge < -0.3 is 5.32 Å². The molecule has 0 heterocycles. The summed E-state index contributed by atoms with van der Waals surface area (Å²) in [4.78, 5) is 12.3. The number of sulfonamides is 1. The van der Waals surface area contributed by atoms with E-state index in [0.717, 1.165) is 31.2 Å². The molecule has 6 nitrogen and oxygen atoms in total. The van der Waals surface area contributed by atoms with Gasteiger partial charge in [-0.15, -0.1) is 0 Å². The van der Waals surface area contributed by atoms with Crippen molar-refractivity contribution in [3.63, 3.8) is 0 Å². The zero-order valence-corrected chi connectivity index (χ0v) is 16.3. The molecular weight excluding hydrogens is 374 g/mol. The standard InChI is InChI=1S/C21H23N3O3S/c22-14-18-6-4-5-9-20(18)28(26,27)23-15-16-10-12-17(13-11-16)21(25)24-19-7-2-1-3-8-19/h4-6,9-13,19,23H,1-3,7-8,15H2,(H,24,25). The molecule has 146 valence electrons. The van der Waals surface area contributed by atoms with Crippen LogP contribution in [0.5, 0.6) is 0 Å². The van der Waals surface area contributed by atoms with Gasteiger partial charge in [0.1, 0.15) is 6.07 Å². The van der Waals surface area contributed by atoms with Gasteiger partial charge in [0, 0.05) is 18.2 Å². The second kappa shape index (κ2) is 9.00. The summed E-state index contributed by atoms with van der Waals surface area (Å²) in [7, 11) is -3.80. The van der Waals surface area contributed by atoms with Crippen LogP contribution < -0.4 is 10.0 Å². The fourth-order valence-electron chi connectivity index (χ4n) is 3.34. The Kier molecular flexibility index (Phi) is 6.45. The van der Waals surface area contributed by atoms with E-state index in [0.29, 0.717) is 5.56 Å². The lowest BCUT2D eigenvalue weighted by atomic mass is 9.95. The average molecular weight is 398 g/mol. The number of carbonyl (C=O) groups excluding carboxylic acids is 1. The molecule has 0 unspecified atom stereocenters. The molecule has 0 atom stereocenters. The Bertz CT molecular complexity index is 973. The Morgan fingerprint density at radius 3 is 2.39 bits per heavy atom. The van der Waals surface area contributed by atoms with Crippen molar-refractivity contribution >= 4 is 15.9 Å². The smallest absolute Gasteiger partial charge is 0.251 e. The highest BCUT2D eigenvalue weighted by Gasteiger charge is 2.18. The molecule has 1 saturated carbocycles. The van der Waals surface area contributed by atoms with Crippen molar-refractivity contribution in [1.29, 1.82) is 5.26 Å². The van der Waals surface area contributed by atoms with Crippen molar-refractivity contribution in [2.24, 2.45) is 0 Å². The van der Waals surface area contributed by atoms with E-state index in [-0.39, 0.29) is 29.0 Å². The maximum atomic E-state index is 12.5. The number of amides is 1. The Morgan fingerprint density at radius 2 is 1.71 bits per heavy atom. The predicted octanol–water partition coefficient (Wildman–Crippen LogP) is 3.10. The third-order valence-corrected chi connectivity index (χ3v) is 6.38. The van der Waals surface area contributed by atoms with Crippen LogP contribution in [0.1, 0.15) is 53.6 Å². The lowest BCUT2D eigenvalue weighted by Gasteiger charge is -2.22. The Morgan fingerprint density at radius 1 is 1.04 bits per heavy atom. The van der Waals surface area contributed by atoms with Crippen LogP contribution in [-0.4, -0.2) is 20.4 Å². The lowest BCUT2D eigenvalue weighted by Crippen LogP contribution is -2.36. The summed E-state index contributed by atoms with van der Waals surface area (Å²) in [5.74, 6) is -0.0954. The molecule has 1 amide bonds. The molecule has 1 fully saturated rings. The van der Waals surface area contributed by atoms with Crippen molar-refractivity contribution in [3.8, 4) is 6.07 Å². The van der Waals surface area contributed by atoms with Crippen LogP contribution in [-0.2, 0) is 16.6 Å². The minimum Gasteiger partial charge on any atom is -0.349 e. The molecule has 2 aromatic carbocycles. The molecular formula is C21H23N3O3S. The van der Waals surface area contributed by atoms with Crippen molar-refractivity contribution in [2.45, 2.75) is 49.6 Å². The van der Waals surface area contributed by atoms with Gasteiger partial charge in [-0.1, -0.05) is 43.5 Å². The number of nitrogens with one attached hydrogen (secondary N) is 2. The van der Waals surface area contributed by atoms with Gasteiger partial charge in [0.05, 0.1) is 10.5 Å². The summed E-state index contributed by atoms with van der Waals surface area (Å²) >= 11 is 0. The molecule has 7 heteroatoms. The zero-order chi connectivity index (χ0) is 20.0. The summed E-state index contributed by atoms with van der Waals surface area (Å²) in [6.45, 7) is 0.0760. The second-order valence-electron chi connectivity index (χ2n) is 6.94. The summed E-state index contributed by atoms with van der Waals surface area (Å²) in [6.07, 6.45) is 5.58. The number of rotatable bonds is 6. The number of hydrogen-bond donors (Lipinski definition) is 2. The topological polar surface area (TPSA) is 99.1 Å². The summed E-state index contributed by atoms with van der Waals surface area (Å²) in [5.41, 5.74) is 1.39. The van der Waals surface area contributed by atoms with Gasteiger partial charge in [-0.3, -0.25) is 4.79 Å². The maximum Gasteiger partial charge on any atom is 0.251 e. The van der Waals surface area contributed by atoms with Crippen LogP contribution in [0.4, 0.5) is 0 Å².